The molecule has 1 aromatic rings. The molecule has 3 heteroatoms. The lowest BCUT2D eigenvalue weighted by atomic mass is 9.86. The maximum Gasteiger partial charge on any atom is 0.159 e. The van der Waals surface area contributed by atoms with Crippen LogP contribution in [0.1, 0.15) is 24.3 Å². The number of ketones is 1. The number of phenols is 1. The molecule has 1 aromatic carbocycles. The third kappa shape index (κ3) is 2.01. The topological polar surface area (TPSA) is 57.5 Å². The zero-order chi connectivity index (χ0) is 10.8. The van der Waals surface area contributed by atoms with Crippen LogP contribution in [0.3, 0.4) is 0 Å². The summed E-state index contributed by atoms with van der Waals surface area (Å²) in [5.41, 5.74) is 0.727. The zero-order valence-electron chi connectivity index (χ0n) is 8.18. The minimum absolute atomic E-state index is 0.0907. The lowest BCUT2D eigenvalue weighted by molar-refractivity contribution is -0.115. The maximum absolute atomic E-state index is 11.3. The van der Waals surface area contributed by atoms with Gasteiger partial charge in [0.15, 0.2) is 5.78 Å². The minimum Gasteiger partial charge on any atom is -0.512 e. The van der Waals surface area contributed by atoms with E-state index in [4.69, 9.17) is 0 Å². The van der Waals surface area contributed by atoms with Gasteiger partial charge in [-0.1, -0.05) is 18.2 Å². The number of hydrogen-bond donors (Lipinski definition) is 2. The Morgan fingerprint density at radius 3 is 2.53 bits per heavy atom. The largest absolute Gasteiger partial charge is 0.512 e. The van der Waals surface area contributed by atoms with Crippen molar-refractivity contribution in [2.75, 3.05) is 0 Å². The Morgan fingerprint density at radius 2 is 1.87 bits per heavy atom. The first-order valence-corrected chi connectivity index (χ1v) is 4.87. The van der Waals surface area contributed by atoms with E-state index in [9.17, 15) is 15.0 Å². The van der Waals surface area contributed by atoms with Crippen molar-refractivity contribution in [2.24, 2.45) is 0 Å². The van der Waals surface area contributed by atoms with E-state index in [2.05, 4.69) is 0 Å². The molecular weight excluding hydrogens is 192 g/mol. The van der Waals surface area contributed by atoms with E-state index in [0.29, 0.717) is 12.8 Å². The van der Waals surface area contributed by atoms with Gasteiger partial charge in [-0.25, -0.2) is 0 Å². The van der Waals surface area contributed by atoms with Crippen molar-refractivity contribution in [2.45, 2.75) is 18.8 Å². The highest BCUT2D eigenvalue weighted by atomic mass is 16.3. The van der Waals surface area contributed by atoms with Crippen LogP contribution in [0.25, 0.3) is 0 Å². The summed E-state index contributed by atoms with van der Waals surface area (Å²) in [4.78, 5) is 11.3. The van der Waals surface area contributed by atoms with Gasteiger partial charge >= 0.3 is 0 Å². The van der Waals surface area contributed by atoms with Gasteiger partial charge in [0.1, 0.15) is 5.75 Å². The number of allylic oxidation sites excluding steroid dienone is 2. The Labute approximate surface area is 87.7 Å². The first-order chi connectivity index (χ1) is 7.16. The number of aliphatic hydroxyl groups is 1. The van der Waals surface area contributed by atoms with E-state index in [1.54, 1.807) is 18.2 Å². The molecule has 0 aromatic heterocycles. The quantitative estimate of drug-likeness (QED) is 0.737. The monoisotopic (exact) mass is 204 g/mol. The van der Waals surface area contributed by atoms with Crippen LogP contribution in [-0.4, -0.2) is 16.0 Å². The third-order valence-corrected chi connectivity index (χ3v) is 2.61. The fraction of sp³-hybridized carbons (Fsp3) is 0.250. The summed E-state index contributed by atoms with van der Waals surface area (Å²) in [6.07, 6.45) is 2.03. The predicted molar refractivity (Wildman–Crippen MR) is 55.8 cm³/mol. The summed E-state index contributed by atoms with van der Waals surface area (Å²) in [5, 5.41) is 19.0. The molecule has 0 unspecified atom stereocenters. The van der Waals surface area contributed by atoms with Gasteiger partial charge in [-0.15, -0.1) is 0 Å². The van der Waals surface area contributed by atoms with E-state index in [0.717, 1.165) is 5.56 Å². The van der Waals surface area contributed by atoms with Gasteiger partial charge in [0, 0.05) is 24.8 Å². The Balaban J connectivity index is 2.30. The van der Waals surface area contributed by atoms with Gasteiger partial charge < -0.3 is 10.2 Å². The molecule has 1 aliphatic carbocycles. The number of carbonyl (C=O) groups excluding carboxylic acids is 1. The zero-order valence-corrected chi connectivity index (χ0v) is 8.18. The molecule has 0 amide bonds. The smallest absolute Gasteiger partial charge is 0.159 e. The van der Waals surface area contributed by atoms with Crippen molar-refractivity contribution in [3.05, 3.63) is 41.7 Å². The fourth-order valence-corrected chi connectivity index (χ4v) is 1.92. The standard InChI is InChI=1S/C12H12O3/c13-9-5-8(6-10(14)7-9)11-3-1-2-4-12(11)15/h1-4,7-8,13,15H,5-6H2/t8-/m0/s1. The van der Waals surface area contributed by atoms with Crippen LogP contribution in [0, 0.1) is 0 Å². The molecule has 0 fully saturated rings. The van der Waals surface area contributed by atoms with Crippen LogP contribution in [-0.2, 0) is 4.79 Å². The van der Waals surface area contributed by atoms with E-state index >= 15 is 0 Å². The average Bonchev–Trinajstić information content (AvgIpc) is 2.16. The first kappa shape index (κ1) is 9.77. The van der Waals surface area contributed by atoms with Crippen molar-refractivity contribution in [1.29, 1.82) is 0 Å². The van der Waals surface area contributed by atoms with Crippen LogP contribution in [0.15, 0.2) is 36.1 Å². The summed E-state index contributed by atoms with van der Waals surface area (Å²) in [5.74, 6) is 0.0835. The molecule has 0 bridgehead atoms. The number of hydrogen-bond acceptors (Lipinski definition) is 3. The van der Waals surface area contributed by atoms with E-state index in [1.165, 1.54) is 6.08 Å². The van der Waals surface area contributed by atoms with Gasteiger partial charge in [-0.3, -0.25) is 4.79 Å². The van der Waals surface area contributed by atoms with Crippen LogP contribution < -0.4 is 0 Å². The first-order valence-electron chi connectivity index (χ1n) is 4.87. The highest BCUT2D eigenvalue weighted by molar-refractivity contribution is 5.91. The van der Waals surface area contributed by atoms with Crippen molar-refractivity contribution < 1.29 is 15.0 Å². The van der Waals surface area contributed by atoms with Gasteiger partial charge in [0.25, 0.3) is 0 Å². The molecule has 15 heavy (non-hydrogen) atoms. The molecule has 1 aliphatic rings. The molecule has 3 nitrogen and oxygen atoms in total. The molecule has 0 heterocycles. The molecule has 0 saturated heterocycles. The minimum atomic E-state index is -0.108. The Hall–Kier alpha value is -1.77. The molecule has 2 rings (SSSR count). The van der Waals surface area contributed by atoms with Crippen LogP contribution in [0.5, 0.6) is 5.75 Å². The highest BCUT2D eigenvalue weighted by Gasteiger charge is 2.23. The molecular formula is C12H12O3. The fourth-order valence-electron chi connectivity index (χ4n) is 1.92. The lowest BCUT2D eigenvalue weighted by Crippen LogP contribution is -2.12. The molecule has 0 aliphatic heterocycles. The van der Waals surface area contributed by atoms with Gasteiger partial charge in [0.2, 0.25) is 0 Å². The molecule has 0 saturated carbocycles. The van der Waals surface area contributed by atoms with Gasteiger partial charge in [-0.2, -0.15) is 0 Å². The Morgan fingerprint density at radius 1 is 1.13 bits per heavy atom. The van der Waals surface area contributed by atoms with Crippen LogP contribution in [0.4, 0.5) is 0 Å². The number of benzene rings is 1. The second kappa shape index (κ2) is 3.77. The second-order valence-electron chi connectivity index (χ2n) is 3.77. The SMILES string of the molecule is O=C1C=C(O)C[C@H](c2ccccc2O)C1. The number of carbonyl (C=O) groups is 1. The van der Waals surface area contributed by atoms with Gasteiger partial charge in [0.05, 0.1) is 5.76 Å². The Bertz CT molecular complexity index is 421. The number of phenolic OH excluding ortho intramolecular Hbond substituents is 1. The molecule has 78 valence electrons. The predicted octanol–water partition coefficient (Wildman–Crippen LogP) is 2.28. The highest BCUT2D eigenvalue weighted by Crippen LogP contribution is 2.34. The number of rotatable bonds is 1. The summed E-state index contributed by atoms with van der Waals surface area (Å²) in [6.45, 7) is 0. The summed E-state index contributed by atoms with van der Waals surface area (Å²) >= 11 is 0. The van der Waals surface area contributed by atoms with Crippen molar-refractivity contribution in [3.63, 3.8) is 0 Å². The summed E-state index contributed by atoms with van der Waals surface area (Å²) in [6, 6.07) is 6.93. The summed E-state index contributed by atoms with van der Waals surface area (Å²) in [7, 11) is 0. The number of para-hydroxylation sites is 1. The maximum atomic E-state index is 11.3. The van der Waals surface area contributed by atoms with Crippen molar-refractivity contribution in [3.8, 4) is 5.75 Å². The van der Waals surface area contributed by atoms with Crippen LogP contribution >= 0.6 is 0 Å². The van der Waals surface area contributed by atoms with E-state index < -0.39 is 0 Å². The normalized spacial score (nSPS) is 21.2. The van der Waals surface area contributed by atoms with E-state index in [1.807, 2.05) is 6.07 Å². The van der Waals surface area contributed by atoms with E-state index in [-0.39, 0.29) is 23.2 Å². The second-order valence-corrected chi connectivity index (χ2v) is 3.77. The lowest BCUT2D eigenvalue weighted by Gasteiger charge is -2.20. The third-order valence-electron chi connectivity index (χ3n) is 2.61. The Kier molecular flexibility index (Phi) is 2.46. The molecule has 0 spiro atoms. The molecule has 0 radical (unpaired) electrons. The number of aromatic hydroxyl groups is 1. The van der Waals surface area contributed by atoms with Gasteiger partial charge in [-0.05, 0) is 11.6 Å². The number of aliphatic hydroxyl groups excluding tert-OH is 1. The summed E-state index contributed by atoms with van der Waals surface area (Å²) < 4.78 is 0. The van der Waals surface area contributed by atoms with Crippen LogP contribution in [0.2, 0.25) is 0 Å². The van der Waals surface area contributed by atoms with Crippen molar-refractivity contribution >= 4 is 5.78 Å². The molecule has 2 N–H and O–H groups in total. The van der Waals surface area contributed by atoms with Crippen molar-refractivity contribution in [1.82, 2.24) is 0 Å². The average molecular weight is 204 g/mol. The molecule has 1 atom stereocenters.